The Bertz CT molecular complexity index is 666. The molecule has 0 aliphatic heterocycles. The van der Waals surface area contributed by atoms with Crippen LogP contribution in [0.25, 0.3) is 0 Å². The molecule has 3 N–H and O–H groups in total. The van der Waals surface area contributed by atoms with E-state index in [2.05, 4.69) is 36.5 Å². The van der Waals surface area contributed by atoms with Gasteiger partial charge in [-0.2, -0.15) is 0 Å². The number of carbonyl (C=O) groups is 3. The molecule has 31 heavy (non-hydrogen) atoms. The zero-order valence-electron chi connectivity index (χ0n) is 19.1. The molecule has 0 spiro atoms. The van der Waals surface area contributed by atoms with Crippen LogP contribution in [0, 0.1) is 0 Å². The lowest BCUT2D eigenvalue weighted by atomic mass is 9.82. The molecule has 1 rings (SSSR count). The summed E-state index contributed by atoms with van der Waals surface area (Å²) in [6.45, 7) is 3.60. The topological polar surface area (TPSA) is 104 Å². The first-order valence-electron chi connectivity index (χ1n) is 11.6. The molecular weight excluding hydrogens is 394 g/mol. The summed E-state index contributed by atoms with van der Waals surface area (Å²) in [6, 6.07) is 8.44. The number of hydrogen-bond acceptors (Lipinski definition) is 3. The lowest BCUT2D eigenvalue weighted by Gasteiger charge is -2.34. The lowest BCUT2D eigenvalue weighted by molar-refractivity contribution is -0.138. The second-order valence-corrected chi connectivity index (χ2v) is 8.58. The molecule has 174 valence electrons. The van der Waals surface area contributed by atoms with E-state index in [4.69, 9.17) is 10.2 Å². The first-order valence-corrected chi connectivity index (χ1v) is 11.6. The van der Waals surface area contributed by atoms with Crippen molar-refractivity contribution in [2.45, 2.75) is 103 Å². The van der Waals surface area contributed by atoms with E-state index >= 15 is 0 Å². The van der Waals surface area contributed by atoms with E-state index < -0.39 is 17.5 Å². The number of unbranched alkanes of at least 4 members (excludes halogenated alkanes) is 5. The van der Waals surface area contributed by atoms with Crippen LogP contribution in [0.1, 0.15) is 95.6 Å². The number of nitrogens with one attached hydrogen (secondary N) is 1. The minimum atomic E-state index is -0.955. The number of carboxylic acids is 2. The largest absolute Gasteiger partial charge is 0.481 e. The van der Waals surface area contributed by atoms with Gasteiger partial charge in [0.25, 0.3) is 0 Å². The molecule has 0 heterocycles. The van der Waals surface area contributed by atoms with Gasteiger partial charge in [-0.05, 0) is 49.7 Å². The quantitative estimate of drug-likeness (QED) is 0.296. The highest BCUT2D eigenvalue weighted by molar-refractivity contribution is 5.74. The van der Waals surface area contributed by atoms with Gasteiger partial charge < -0.3 is 15.5 Å². The summed E-state index contributed by atoms with van der Waals surface area (Å²) in [5.74, 6) is -2.18. The van der Waals surface area contributed by atoms with Gasteiger partial charge in [-0.1, -0.05) is 63.3 Å². The molecule has 6 nitrogen and oxygen atoms in total. The van der Waals surface area contributed by atoms with E-state index in [1.54, 1.807) is 0 Å². The van der Waals surface area contributed by atoms with E-state index in [0.29, 0.717) is 12.8 Å². The van der Waals surface area contributed by atoms with E-state index in [9.17, 15) is 14.4 Å². The second-order valence-electron chi connectivity index (χ2n) is 8.58. The predicted molar refractivity (Wildman–Crippen MR) is 122 cm³/mol. The zero-order chi connectivity index (χ0) is 23.1. The molecule has 0 fully saturated rings. The maximum atomic E-state index is 11.8. The third-order valence-corrected chi connectivity index (χ3v) is 5.81. The van der Waals surface area contributed by atoms with Crippen LogP contribution in [0.2, 0.25) is 0 Å². The van der Waals surface area contributed by atoms with Gasteiger partial charge in [0.15, 0.2) is 0 Å². The Morgan fingerprint density at radius 2 is 1.26 bits per heavy atom. The van der Waals surface area contributed by atoms with Gasteiger partial charge in [-0.15, -0.1) is 0 Å². The van der Waals surface area contributed by atoms with Crippen molar-refractivity contribution in [3.8, 4) is 0 Å². The van der Waals surface area contributed by atoms with Crippen molar-refractivity contribution < 1.29 is 24.6 Å². The van der Waals surface area contributed by atoms with Crippen LogP contribution in [0.3, 0.4) is 0 Å². The molecule has 1 aromatic carbocycles. The number of amides is 1. The van der Waals surface area contributed by atoms with Crippen molar-refractivity contribution in [2.75, 3.05) is 0 Å². The minimum Gasteiger partial charge on any atom is -0.481 e. The van der Waals surface area contributed by atoms with Gasteiger partial charge in [-0.3, -0.25) is 14.4 Å². The van der Waals surface area contributed by atoms with Gasteiger partial charge in [0, 0.05) is 25.3 Å². The van der Waals surface area contributed by atoms with Crippen molar-refractivity contribution in [2.24, 2.45) is 0 Å². The summed E-state index contributed by atoms with van der Waals surface area (Å²) in [7, 11) is 0. The highest BCUT2D eigenvalue weighted by atomic mass is 16.4. The molecule has 6 heteroatoms. The fourth-order valence-electron chi connectivity index (χ4n) is 3.99. The number of aryl methyl sites for hydroxylation is 2. The monoisotopic (exact) mass is 433 g/mol. The molecule has 0 aromatic heterocycles. The van der Waals surface area contributed by atoms with E-state index in [1.165, 1.54) is 51.0 Å². The summed E-state index contributed by atoms with van der Waals surface area (Å²) >= 11 is 0. The fraction of sp³-hybridized carbons (Fsp3) is 0.640. The average Bonchev–Trinajstić information content (AvgIpc) is 2.72. The Morgan fingerprint density at radius 1 is 0.774 bits per heavy atom. The van der Waals surface area contributed by atoms with Gasteiger partial charge in [-0.25, -0.2) is 0 Å². The van der Waals surface area contributed by atoms with Crippen molar-refractivity contribution in [1.29, 1.82) is 0 Å². The third kappa shape index (κ3) is 12.2. The van der Waals surface area contributed by atoms with Crippen LogP contribution >= 0.6 is 0 Å². The average molecular weight is 434 g/mol. The molecule has 0 aliphatic rings. The fourth-order valence-corrected chi connectivity index (χ4v) is 3.99. The Labute approximate surface area is 186 Å². The lowest BCUT2D eigenvalue weighted by Crippen LogP contribution is -2.48. The number of hydrogen-bond donors (Lipinski definition) is 3. The SMILES string of the molecule is CCCCCCCCc1ccc(CCC(CCC(=O)O)(CCC(=O)O)NC(C)=O)cc1. The molecule has 0 aliphatic carbocycles. The van der Waals surface area contributed by atoms with Crippen LogP contribution in [0.15, 0.2) is 24.3 Å². The summed E-state index contributed by atoms with van der Waals surface area (Å²) in [4.78, 5) is 34.0. The predicted octanol–water partition coefficient (Wildman–Crippen LogP) is 5.13. The maximum Gasteiger partial charge on any atom is 0.303 e. The Kier molecular flexibility index (Phi) is 12.6. The Hall–Kier alpha value is -2.37. The summed E-state index contributed by atoms with van der Waals surface area (Å²) in [6.07, 6.45) is 10.1. The van der Waals surface area contributed by atoms with Crippen molar-refractivity contribution >= 4 is 17.8 Å². The van der Waals surface area contributed by atoms with Crippen molar-refractivity contribution in [3.05, 3.63) is 35.4 Å². The second kappa shape index (κ2) is 14.6. The molecule has 0 atom stereocenters. The van der Waals surface area contributed by atoms with E-state index in [0.717, 1.165) is 12.0 Å². The number of carboxylic acid groups (broad SMARTS) is 2. The molecule has 0 saturated heterocycles. The van der Waals surface area contributed by atoms with E-state index in [1.807, 2.05) is 0 Å². The van der Waals surface area contributed by atoms with Gasteiger partial charge in [0.2, 0.25) is 5.91 Å². The molecule has 0 bridgehead atoms. The number of rotatable bonds is 17. The van der Waals surface area contributed by atoms with Gasteiger partial charge in [0.1, 0.15) is 0 Å². The molecule has 0 radical (unpaired) electrons. The first kappa shape index (κ1) is 26.7. The van der Waals surface area contributed by atoms with Crippen LogP contribution in [0.4, 0.5) is 0 Å². The summed E-state index contributed by atoms with van der Waals surface area (Å²) < 4.78 is 0. The number of benzene rings is 1. The van der Waals surface area contributed by atoms with Gasteiger partial charge >= 0.3 is 11.9 Å². The molecular formula is C25H39NO5. The van der Waals surface area contributed by atoms with Crippen LogP contribution < -0.4 is 5.32 Å². The zero-order valence-corrected chi connectivity index (χ0v) is 19.1. The third-order valence-electron chi connectivity index (χ3n) is 5.81. The smallest absolute Gasteiger partial charge is 0.303 e. The molecule has 0 saturated carbocycles. The summed E-state index contributed by atoms with van der Waals surface area (Å²) in [5.41, 5.74) is 1.58. The Balaban J connectivity index is 2.69. The van der Waals surface area contributed by atoms with Crippen molar-refractivity contribution in [1.82, 2.24) is 5.32 Å². The molecule has 0 unspecified atom stereocenters. The van der Waals surface area contributed by atoms with Crippen molar-refractivity contribution in [3.63, 3.8) is 0 Å². The number of carbonyl (C=O) groups excluding carboxylic acids is 1. The highest BCUT2D eigenvalue weighted by Crippen LogP contribution is 2.27. The highest BCUT2D eigenvalue weighted by Gasteiger charge is 2.32. The maximum absolute atomic E-state index is 11.8. The summed E-state index contributed by atoms with van der Waals surface area (Å²) in [5, 5.41) is 21.1. The minimum absolute atomic E-state index is 0.114. The standard InChI is InChI=1S/C25H39NO5/c1-3-4-5-6-7-8-9-21-10-12-22(13-11-21)14-17-25(26-20(2)27,18-15-23(28)29)19-16-24(30)31/h10-13H,3-9,14-19H2,1-2H3,(H,26,27)(H,28,29)(H,30,31). The Morgan fingerprint density at radius 3 is 1.74 bits per heavy atom. The van der Waals surface area contributed by atoms with E-state index in [-0.39, 0.29) is 31.6 Å². The molecule has 1 aromatic rings. The van der Waals surface area contributed by atoms with Crippen LogP contribution in [0.5, 0.6) is 0 Å². The number of aliphatic carboxylic acids is 2. The van der Waals surface area contributed by atoms with Crippen LogP contribution in [-0.2, 0) is 27.2 Å². The molecule has 1 amide bonds. The first-order chi connectivity index (χ1) is 14.8. The normalized spacial score (nSPS) is 11.3. The van der Waals surface area contributed by atoms with Crippen LogP contribution in [-0.4, -0.2) is 33.6 Å². The van der Waals surface area contributed by atoms with Gasteiger partial charge in [0.05, 0.1) is 0 Å².